The molecule has 0 unspecified atom stereocenters. The van der Waals surface area contributed by atoms with Crippen LogP contribution in [0.4, 0.5) is 0 Å². The zero-order chi connectivity index (χ0) is 29.5. The molecule has 1 aromatic heterocycles. The molecule has 0 radical (unpaired) electrons. The maximum Gasteiger partial charge on any atom is 0.338 e. The summed E-state index contributed by atoms with van der Waals surface area (Å²) in [7, 11) is 1.56. The van der Waals surface area contributed by atoms with Crippen molar-refractivity contribution >= 4 is 39.3 Å². The number of carbonyl (C=O) groups excluding carboxylic acids is 1. The van der Waals surface area contributed by atoms with E-state index in [4.69, 9.17) is 30.4 Å². The van der Waals surface area contributed by atoms with Gasteiger partial charge in [0, 0.05) is 10.0 Å². The van der Waals surface area contributed by atoms with Crippen LogP contribution >= 0.6 is 27.3 Å². The molecule has 214 valence electrons. The van der Waals surface area contributed by atoms with E-state index in [-0.39, 0.29) is 18.8 Å². The van der Waals surface area contributed by atoms with E-state index in [9.17, 15) is 9.59 Å². The zero-order valence-electron chi connectivity index (χ0n) is 23.4. The lowest BCUT2D eigenvalue weighted by Gasteiger charge is -2.27. The molecule has 0 bridgehead atoms. The largest absolute Gasteiger partial charge is 0.496 e. The Labute approximate surface area is 251 Å². The topological polar surface area (TPSA) is 88.4 Å². The van der Waals surface area contributed by atoms with Crippen LogP contribution in [0.15, 0.2) is 61.9 Å². The van der Waals surface area contributed by atoms with E-state index < -0.39 is 12.0 Å². The van der Waals surface area contributed by atoms with Crippen molar-refractivity contribution in [2.24, 2.45) is 4.99 Å². The van der Waals surface area contributed by atoms with Crippen molar-refractivity contribution < 1.29 is 23.7 Å². The minimum absolute atomic E-state index is 0.111. The van der Waals surface area contributed by atoms with Gasteiger partial charge in [-0.25, -0.2) is 9.79 Å². The maximum absolute atomic E-state index is 14.1. The van der Waals surface area contributed by atoms with Gasteiger partial charge >= 0.3 is 5.97 Å². The van der Waals surface area contributed by atoms with E-state index in [1.165, 1.54) is 11.3 Å². The number of methoxy groups -OCH3 is 1. The number of thiazole rings is 1. The minimum atomic E-state index is -0.792. The normalized spacial score (nSPS) is 14.6. The number of allylic oxidation sites excluding steroid dienone is 1. The third kappa shape index (κ3) is 6.42. The van der Waals surface area contributed by atoms with E-state index in [0.717, 1.165) is 16.5 Å². The van der Waals surface area contributed by atoms with Crippen LogP contribution in [-0.2, 0) is 9.53 Å². The summed E-state index contributed by atoms with van der Waals surface area (Å²) in [6.45, 7) is 6.38. The van der Waals surface area contributed by atoms with Crippen molar-refractivity contribution in [2.45, 2.75) is 39.7 Å². The predicted molar refractivity (Wildman–Crippen MR) is 162 cm³/mol. The molecule has 2 heterocycles. The molecule has 4 rings (SSSR count). The van der Waals surface area contributed by atoms with Crippen LogP contribution in [0.2, 0.25) is 0 Å². The van der Waals surface area contributed by atoms with Gasteiger partial charge in [0.2, 0.25) is 0 Å². The van der Waals surface area contributed by atoms with Crippen molar-refractivity contribution in [1.82, 2.24) is 4.57 Å². The van der Waals surface area contributed by atoms with Gasteiger partial charge in [-0.3, -0.25) is 9.36 Å². The minimum Gasteiger partial charge on any atom is -0.496 e. The molecule has 41 heavy (non-hydrogen) atoms. The summed E-state index contributed by atoms with van der Waals surface area (Å²) in [6.07, 6.45) is 8.42. The Hall–Kier alpha value is -3.81. The first kappa shape index (κ1) is 30.2. The molecule has 3 aromatic rings. The Bertz CT molecular complexity index is 1700. The lowest BCUT2D eigenvalue weighted by molar-refractivity contribution is -0.139. The number of halogens is 1. The number of aromatic nitrogens is 1. The van der Waals surface area contributed by atoms with Gasteiger partial charge in [0.15, 0.2) is 16.3 Å². The van der Waals surface area contributed by atoms with Crippen LogP contribution in [-0.4, -0.2) is 37.5 Å². The quantitative estimate of drug-likeness (QED) is 0.222. The van der Waals surface area contributed by atoms with E-state index in [1.807, 2.05) is 32.0 Å². The Balaban J connectivity index is 1.97. The predicted octanol–water partition coefficient (Wildman–Crippen LogP) is 4.76. The lowest BCUT2D eigenvalue weighted by atomic mass is 9.93. The number of fused-ring (bicyclic) bond motifs is 1. The Morgan fingerprint density at radius 2 is 1.90 bits per heavy atom. The number of terminal acetylenes is 1. The average Bonchev–Trinajstić information content (AvgIpc) is 3.26. The van der Waals surface area contributed by atoms with Crippen molar-refractivity contribution in [3.63, 3.8) is 0 Å². The smallest absolute Gasteiger partial charge is 0.338 e. The van der Waals surface area contributed by atoms with E-state index in [1.54, 1.807) is 42.9 Å². The van der Waals surface area contributed by atoms with Gasteiger partial charge in [0.05, 0.1) is 36.1 Å². The first-order chi connectivity index (χ1) is 19.9. The molecule has 0 N–H and O–H groups in total. The fourth-order valence-corrected chi connectivity index (χ4v) is 6.01. The molecular weight excluding hydrogens is 608 g/mol. The third-order valence-electron chi connectivity index (χ3n) is 6.25. The van der Waals surface area contributed by atoms with Gasteiger partial charge in [0.1, 0.15) is 18.4 Å². The van der Waals surface area contributed by atoms with Crippen molar-refractivity contribution in [3.05, 3.63) is 83.0 Å². The van der Waals surface area contributed by atoms with Crippen LogP contribution in [0.1, 0.15) is 50.8 Å². The van der Waals surface area contributed by atoms with Crippen LogP contribution in [0, 0.1) is 12.3 Å². The highest BCUT2D eigenvalue weighted by molar-refractivity contribution is 9.10. The van der Waals surface area contributed by atoms with Crippen LogP contribution in [0.5, 0.6) is 17.2 Å². The van der Waals surface area contributed by atoms with E-state index >= 15 is 0 Å². The number of nitrogens with zero attached hydrogens (tertiary/aromatic N) is 2. The third-order valence-corrected chi connectivity index (χ3v) is 7.73. The first-order valence-corrected chi connectivity index (χ1v) is 14.9. The second-order valence-electron chi connectivity index (χ2n) is 8.93. The number of ether oxygens (including phenoxy) is 4. The molecule has 0 saturated carbocycles. The molecule has 1 aliphatic heterocycles. The number of rotatable bonds is 11. The number of carbonyl (C=O) groups is 1. The Morgan fingerprint density at radius 3 is 2.59 bits per heavy atom. The van der Waals surface area contributed by atoms with Crippen molar-refractivity contribution in [2.75, 3.05) is 26.9 Å². The first-order valence-electron chi connectivity index (χ1n) is 13.2. The summed E-state index contributed by atoms with van der Waals surface area (Å²) in [5, 5.41) is 0. The highest BCUT2D eigenvalue weighted by atomic mass is 79.9. The van der Waals surface area contributed by atoms with Gasteiger partial charge in [0.25, 0.3) is 5.56 Å². The molecule has 0 fully saturated rings. The van der Waals surface area contributed by atoms with Gasteiger partial charge in [-0.05, 0) is 62.2 Å². The SMILES string of the molecule is C#CCOc1ccc(/C=c2/sc3n(c2=O)[C@H](c2cc(Br)ccc2OC)C(C(=O)OCC)=C(CCC)N=3)cc1OCC. The summed E-state index contributed by atoms with van der Waals surface area (Å²) in [6, 6.07) is 10.1. The van der Waals surface area contributed by atoms with Gasteiger partial charge in [-0.15, -0.1) is 6.42 Å². The second kappa shape index (κ2) is 13.7. The fourth-order valence-electron chi connectivity index (χ4n) is 4.61. The Morgan fingerprint density at radius 1 is 1.12 bits per heavy atom. The number of hydrogen-bond donors (Lipinski definition) is 0. The highest BCUT2D eigenvalue weighted by Crippen LogP contribution is 2.38. The standard InChI is InChI=1S/C31H31BrN2O6S/c1-6-10-22-27(30(36)39-9-4)28(21-18-20(32)12-14-23(21)37-5)34-29(35)26(41-31(34)33-22)17-19-11-13-24(40-15-7-2)25(16-19)38-8-3/h2,11-14,16-18,28H,6,8-10,15H2,1,3-5H3/b26-17+/t28-/m1/s1. The molecule has 10 heteroatoms. The molecule has 0 saturated heterocycles. The second-order valence-corrected chi connectivity index (χ2v) is 10.9. The van der Waals surface area contributed by atoms with E-state index in [2.05, 4.69) is 21.9 Å². The van der Waals surface area contributed by atoms with Crippen LogP contribution in [0.3, 0.4) is 0 Å². The Kier molecular flexibility index (Phi) is 10.1. The molecule has 2 aromatic carbocycles. The van der Waals surface area contributed by atoms with Gasteiger partial charge in [-0.1, -0.05) is 52.6 Å². The summed E-state index contributed by atoms with van der Waals surface area (Å²) >= 11 is 4.80. The van der Waals surface area contributed by atoms with Gasteiger partial charge < -0.3 is 18.9 Å². The number of esters is 1. The summed E-state index contributed by atoms with van der Waals surface area (Å²) in [4.78, 5) is 32.8. The molecule has 0 amide bonds. The highest BCUT2D eigenvalue weighted by Gasteiger charge is 2.36. The lowest BCUT2D eigenvalue weighted by Crippen LogP contribution is -2.40. The maximum atomic E-state index is 14.1. The van der Waals surface area contributed by atoms with Crippen molar-refractivity contribution in [1.29, 1.82) is 0 Å². The van der Waals surface area contributed by atoms with Crippen LogP contribution in [0.25, 0.3) is 6.08 Å². The number of benzene rings is 2. The number of hydrogen-bond acceptors (Lipinski definition) is 8. The van der Waals surface area contributed by atoms with E-state index in [0.29, 0.717) is 56.4 Å². The van der Waals surface area contributed by atoms with Crippen LogP contribution < -0.4 is 29.1 Å². The summed E-state index contributed by atoms with van der Waals surface area (Å²) in [5.41, 5.74) is 2.03. The molecule has 1 aliphatic rings. The molecule has 1 atom stereocenters. The van der Waals surface area contributed by atoms with Crippen molar-refractivity contribution in [3.8, 4) is 29.6 Å². The zero-order valence-corrected chi connectivity index (χ0v) is 25.8. The monoisotopic (exact) mass is 638 g/mol. The fraction of sp³-hybridized carbons (Fsp3) is 0.323. The molecular formula is C31H31BrN2O6S. The summed E-state index contributed by atoms with van der Waals surface area (Å²) in [5.74, 6) is 3.52. The molecule has 0 spiro atoms. The van der Waals surface area contributed by atoms with Gasteiger partial charge in [-0.2, -0.15) is 0 Å². The molecule has 0 aliphatic carbocycles. The molecule has 8 nitrogen and oxygen atoms in total. The summed E-state index contributed by atoms with van der Waals surface area (Å²) < 4.78 is 25.3. The average molecular weight is 640 g/mol.